The van der Waals surface area contributed by atoms with Gasteiger partial charge in [-0.3, -0.25) is 19.5 Å². The van der Waals surface area contributed by atoms with Crippen LogP contribution in [0.5, 0.6) is 0 Å². The quantitative estimate of drug-likeness (QED) is 0.769. The van der Waals surface area contributed by atoms with Gasteiger partial charge in [0, 0.05) is 6.20 Å². The maximum absolute atomic E-state index is 12.0. The molecule has 0 spiro atoms. The predicted octanol–water partition coefficient (Wildman–Crippen LogP) is 2.12. The molecule has 1 aliphatic rings. The minimum atomic E-state index is -0.480. The van der Waals surface area contributed by atoms with Crippen LogP contribution in [0.1, 0.15) is 21.6 Å². The molecule has 1 aliphatic heterocycles. The highest BCUT2D eigenvalue weighted by Gasteiger charge is 2.35. The molecule has 4 nitrogen and oxygen atoms in total. The molecule has 19 heavy (non-hydrogen) atoms. The highest BCUT2D eigenvalue weighted by atomic mass is 16.2. The van der Waals surface area contributed by atoms with Crippen molar-refractivity contribution < 1.29 is 9.59 Å². The molecule has 0 atom stereocenters. The molecular formula is C15H12N2O2. The van der Waals surface area contributed by atoms with Crippen molar-refractivity contribution >= 4 is 17.4 Å². The van der Waals surface area contributed by atoms with E-state index in [-0.39, 0.29) is 0 Å². The molecule has 0 unspecified atom stereocenters. The maximum atomic E-state index is 12.0. The fourth-order valence-corrected chi connectivity index (χ4v) is 2.24. The zero-order chi connectivity index (χ0) is 13.4. The van der Waals surface area contributed by atoms with Crippen LogP contribution in [0.2, 0.25) is 0 Å². The number of anilines is 1. The van der Waals surface area contributed by atoms with Gasteiger partial charge in [0.15, 0.2) is 0 Å². The van der Waals surface area contributed by atoms with Gasteiger partial charge in [-0.05, 0) is 30.7 Å². The predicted molar refractivity (Wildman–Crippen MR) is 70.9 cm³/mol. The second-order valence-corrected chi connectivity index (χ2v) is 4.50. The van der Waals surface area contributed by atoms with Crippen molar-refractivity contribution in [3.8, 4) is 0 Å². The lowest BCUT2D eigenvalue weighted by molar-refractivity contribution is -0.114. The summed E-state index contributed by atoms with van der Waals surface area (Å²) in [6.45, 7) is 2.27. The molecule has 0 radical (unpaired) electrons. The standard InChI is InChI=1S/C15H12N2O2/c1-10-5-4-8-16-12(10)9-17-13-7-3-2-6-11(13)14(18)15(17)19/h2-8H,9H2,1H3. The SMILES string of the molecule is Cc1cccnc1CN1C(=O)C(=O)c2ccccc21. The number of Topliss-reactive ketones (excluding diaryl/α,β-unsaturated/α-hetero) is 1. The third-order valence-electron chi connectivity index (χ3n) is 3.30. The molecule has 0 aliphatic carbocycles. The largest absolute Gasteiger partial charge is 0.299 e. The Hall–Kier alpha value is -2.49. The summed E-state index contributed by atoms with van der Waals surface area (Å²) in [5.74, 6) is -0.921. The number of rotatable bonds is 2. The van der Waals surface area contributed by atoms with E-state index in [0.717, 1.165) is 11.3 Å². The summed E-state index contributed by atoms with van der Waals surface area (Å²) in [6.07, 6.45) is 1.69. The molecule has 2 aromatic rings. The van der Waals surface area contributed by atoms with Crippen molar-refractivity contribution in [1.29, 1.82) is 0 Å². The summed E-state index contributed by atoms with van der Waals surface area (Å²) >= 11 is 0. The van der Waals surface area contributed by atoms with E-state index < -0.39 is 11.7 Å². The molecule has 0 bridgehead atoms. The minimum Gasteiger partial charge on any atom is -0.299 e. The summed E-state index contributed by atoms with van der Waals surface area (Å²) in [5.41, 5.74) is 2.95. The van der Waals surface area contributed by atoms with Crippen molar-refractivity contribution in [2.75, 3.05) is 4.90 Å². The van der Waals surface area contributed by atoms with Gasteiger partial charge in [0.05, 0.1) is 23.5 Å². The Morgan fingerprint density at radius 3 is 2.68 bits per heavy atom. The number of carbonyl (C=O) groups is 2. The molecule has 1 aromatic carbocycles. The van der Waals surface area contributed by atoms with Crippen molar-refractivity contribution in [1.82, 2.24) is 4.98 Å². The Labute approximate surface area is 110 Å². The number of pyridine rings is 1. The number of carbonyl (C=O) groups excluding carboxylic acids is 2. The van der Waals surface area contributed by atoms with Gasteiger partial charge in [-0.2, -0.15) is 0 Å². The number of fused-ring (bicyclic) bond motifs is 1. The van der Waals surface area contributed by atoms with Crippen molar-refractivity contribution in [2.24, 2.45) is 0 Å². The molecule has 0 N–H and O–H groups in total. The van der Waals surface area contributed by atoms with E-state index in [4.69, 9.17) is 0 Å². The first-order chi connectivity index (χ1) is 9.18. The van der Waals surface area contributed by atoms with Gasteiger partial charge in [-0.25, -0.2) is 0 Å². The third kappa shape index (κ3) is 1.81. The number of benzene rings is 1. The monoisotopic (exact) mass is 252 g/mol. The zero-order valence-electron chi connectivity index (χ0n) is 10.5. The summed E-state index contributed by atoms with van der Waals surface area (Å²) in [6, 6.07) is 10.8. The van der Waals surface area contributed by atoms with Gasteiger partial charge in [0.25, 0.3) is 11.7 Å². The molecule has 2 heterocycles. The summed E-state index contributed by atoms with van der Waals surface area (Å²) < 4.78 is 0. The first kappa shape index (κ1) is 11.6. The van der Waals surface area contributed by atoms with E-state index in [1.807, 2.05) is 25.1 Å². The zero-order valence-corrected chi connectivity index (χ0v) is 10.5. The number of aromatic nitrogens is 1. The Morgan fingerprint density at radius 1 is 1.11 bits per heavy atom. The molecule has 0 saturated carbocycles. The number of hydrogen-bond acceptors (Lipinski definition) is 3. The van der Waals surface area contributed by atoms with E-state index in [1.54, 1.807) is 24.4 Å². The van der Waals surface area contributed by atoms with Crippen LogP contribution in [-0.4, -0.2) is 16.7 Å². The van der Waals surface area contributed by atoms with Crippen LogP contribution in [-0.2, 0) is 11.3 Å². The third-order valence-corrected chi connectivity index (χ3v) is 3.30. The van der Waals surface area contributed by atoms with Crippen LogP contribution in [0.15, 0.2) is 42.6 Å². The van der Waals surface area contributed by atoms with Gasteiger partial charge >= 0.3 is 0 Å². The fourth-order valence-electron chi connectivity index (χ4n) is 2.24. The van der Waals surface area contributed by atoms with Crippen LogP contribution in [0.25, 0.3) is 0 Å². The Morgan fingerprint density at radius 2 is 1.89 bits per heavy atom. The van der Waals surface area contributed by atoms with Crippen molar-refractivity contribution in [2.45, 2.75) is 13.5 Å². The second kappa shape index (κ2) is 4.31. The van der Waals surface area contributed by atoms with E-state index >= 15 is 0 Å². The molecule has 1 aromatic heterocycles. The number of aryl methyl sites for hydroxylation is 1. The molecule has 94 valence electrons. The van der Waals surface area contributed by atoms with Crippen LogP contribution < -0.4 is 4.90 Å². The Kier molecular flexibility index (Phi) is 2.63. The maximum Gasteiger partial charge on any atom is 0.299 e. The normalized spacial score (nSPS) is 13.8. The highest BCUT2D eigenvalue weighted by molar-refractivity contribution is 6.52. The van der Waals surface area contributed by atoms with Gasteiger partial charge in [-0.15, -0.1) is 0 Å². The lowest BCUT2D eigenvalue weighted by Crippen LogP contribution is -2.29. The summed E-state index contributed by atoms with van der Waals surface area (Å²) in [7, 11) is 0. The number of para-hydroxylation sites is 1. The molecule has 3 rings (SSSR count). The number of ketones is 1. The van der Waals surface area contributed by atoms with Crippen LogP contribution in [0, 0.1) is 6.92 Å². The highest BCUT2D eigenvalue weighted by Crippen LogP contribution is 2.29. The Balaban J connectivity index is 2.01. The first-order valence-corrected chi connectivity index (χ1v) is 6.04. The van der Waals surface area contributed by atoms with E-state index in [1.165, 1.54) is 4.90 Å². The van der Waals surface area contributed by atoms with E-state index in [9.17, 15) is 9.59 Å². The first-order valence-electron chi connectivity index (χ1n) is 6.04. The van der Waals surface area contributed by atoms with E-state index in [2.05, 4.69) is 4.98 Å². The topological polar surface area (TPSA) is 50.3 Å². The van der Waals surface area contributed by atoms with E-state index in [0.29, 0.717) is 17.8 Å². The van der Waals surface area contributed by atoms with Crippen LogP contribution >= 0.6 is 0 Å². The molecule has 4 heteroatoms. The molecule has 0 fully saturated rings. The summed E-state index contributed by atoms with van der Waals surface area (Å²) in [4.78, 5) is 29.7. The summed E-state index contributed by atoms with van der Waals surface area (Å²) in [5, 5.41) is 0. The lowest BCUT2D eigenvalue weighted by atomic mass is 10.1. The number of amides is 1. The Bertz CT molecular complexity index is 679. The number of nitrogens with zero attached hydrogens (tertiary/aromatic N) is 2. The fraction of sp³-hybridized carbons (Fsp3) is 0.133. The van der Waals surface area contributed by atoms with Crippen LogP contribution in [0.4, 0.5) is 5.69 Å². The van der Waals surface area contributed by atoms with Gasteiger partial charge in [0.2, 0.25) is 0 Å². The smallest absolute Gasteiger partial charge is 0.299 e. The van der Waals surface area contributed by atoms with Crippen LogP contribution in [0.3, 0.4) is 0 Å². The van der Waals surface area contributed by atoms with Crippen molar-refractivity contribution in [3.63, 3.8) is 0 Å². The lowest BCUT2D eigenvalue weighted by Gasteiger charge is -2.16. The molecular weight excluding hydrogens is 240 g/mol. The average Bonchev–Trinajstić information content (AvgIpc) is 2.67. The molecule has 0 saturated heterocycles. The van der Waals surface area contributed by atoms with Gasteiger partial charge in [0.1, 0.15) is 0 Å². The van der Waals surface area contributed by atoms with Crippen molar-refractivity contribution in [3.05, 3.63) is 59.4 Å². The molecule has 1 amide bonds. The average molecular weight is 252 g/mol. The second-order valence-electron chi connectivity index (χ2n) is 4.50. The minimum absolute atomic E-state index is 0.328. The number of hydrogen-bond donors (Lipinski definition) is 0. The van der Waals surface area contributed by atoms with Gasteiger partial charge in [-0.1, -0.05) is 18.2 Å². The van der Waals surface area contributed by atoms with Gasteiger partial charge < -0.3 is 0 Å².